The lowest BCUT2D eigenvalue weighted by atomic mass is 10.1. The molecule has 1 fully saturated rings. The van der Waals surface area contributed by atoms with Crippen LogP contribution in [-0.2, 0) is 11.2 Å². The van der Waals surface area contributed by atoms with Crippen LogP contribution in [0.25, 0.3) is 0 Å². The normalized spacial score (nSPS) is 13.6. The molecule has 0 saturated heterocycles. The molecule has 2 aromatic heterocycles. The summed E-state index contributed by atoms with van der Waals surface area (Å²) in [5.74, 6) is 1.80. The van der Waals surface area contributed by atoms with Gasteiger partial charge in [0.2, 0.25) is 5.95 Å². The average molecular weight is 398 g/mol. The number of nitrogens with one attached hydrogen (secondary N) is 1. The summed E-state index contributed by atoms with van der Waals surface area (Å²) in [4.78, 5) is 31.6. The van der Waals surface area contributed by atoms with Gasteiger partial charge in [-0.3, -0.25) is 10.1 Å². The van der Waals surface area contributed by atoms with Crippen molar-refractivity contribution >= 4 is 40.0 Å². The summed E-state index contributed by atoms with van der Waals surface area (Å²) in [6.07, 6.45) is 4.46. The van der Waals surface area contributed by atoms with E-state index in [0.29, 0.717) is 35.1 Å². The molecule has 0 amide bonds. The number of nitrogens with zero attached hydrogens (tertiary/aromatic N) is 4. The molecule has 1 saturated carbocycles. The highest BCUT2D eigenvalue weighted by Gasteiger charge is 2.28. The largest absolute Gasteiger partial charge is 0.300 e. The third-order valence-electron chi connectivity index (χ3n) is 4.11. The van der Waals surface area contributed by atoms with E-state index in [1.165, 1.54) is 11.8 Å². The number of aromatic nitrogens is 4. The lowest BCUT2D eigenvalue weighted by Crippen LogP contribution is -2.04. The highest BCUT2D eigenvalue weighted by Crippen LogP contribution is 2.31. The van der Waals surface area contributed by atoms with Crippen LogP contribution in [0.4, 0.5) is 11.1 Å². The summed E-state index contributed by atoms with van der Waals surface area (Å²) >= 11 is 3.03. The summed E-state index contributed by atoms with van der Waals surface area (Å²) in [6, 6.07) is 8.04. The van der Waals surface area contributed by atoms with Gasteiger partial charge in [-0.2, -0.15) is 9.97 Å². The van der Waals surface area contributed by atoms with Crippen molar-refractivity contribution < 1.29 is 4.79 Å². The summed E-state index contributed by atoms with van der Waals surface area (Å²) in [7, 11) is 0. The molecule has 27 heavy (non-hydrogen) atoms. The zero-order chi connectivity index (χ0) is 18.8. The molecule has 4 rings (SSSR count). The second kappa shape index (κ2) is 7.74. The highest BCUT2D eigenvalue weighted by molar-refractivity contribution is 7.99. The Bertz CT molecular complexity index is 966. The van der Waals surface area contributed by atoms with Gasteiger partial charge >= 0.3 is 0 Å². The Morgan fingerprint density at radius 3 is 2.63 bits per heavy atom. The number of anilines is 2. The molecule has 8 heteroatoms. The molecule has 1 aromatic carbocycles. The molecule has 138 valence electrons. The predicted molar refractivity (Wildman–Crippen MR) is 107 cm³/mol. The topological polar surface area (TPSA) is 80.7 Å². The van der Waals surface area contributed by atoms with Gasteiger partial charge in [-0.05, 0) is 56.1 Å². The van der Waals surface area contributed by atoms with Crippen LogP contribution in [-0.4, -0.2) is 25.7 Å². The molecule has 0 aliphatic heterocycles. The Hall–Kier alpha value is -2.32. The quantitative estimate of drug-likeness (QED) is 0.634. The first-order chi connectivity index (χ1) is 13.0. The van der Waals surface area contributed by atoms with E-state index in [1.54, 1.807) is 11.3 Å². The first kappa shape index (κ1) is 18.1. The molecule has 6 nitrogen and oxygen atoms in total. The average Bonchev–Trinajstić information content (AvgIpc) is 3.40. The molecule has 1 aliphatic rings. The maximum Gasteiger partial charge on any atom is 0.233 e. The van der Waals surface area contributed by atoms with Crippen molar-refractivity contribution in [1.82, 2.24) is 19.9 Å². The van der Waals surface area contributed by atoms with Gasteiger partial charge < -0.3 is 0 Å². The van der Waals surface area contributed by atoms with E-state index >= 15 is 0 Å². The Labute approximate surface area is 165 Å². The molecule has 0 atom stereocenters. The summed E-state index contributed by atoms with van der Waals surface area (Å²) < 4.78 is 0. The van der Waals surface area contributed by atoms with Gasteiger partial charge in [-0.1, -0.05) is 12.1 Å². The Balaban J connectivity index is 1.44. The Kier molecular flexibility index (Phi) is 5.18. The molecule has 1 N–H and O–H groups in total. The zero-order valence-corrected chi connectivity index (χ0v) is 16.7. The molecule has 0 radical (unpaired) electrons. The van der Waals surface area contributed by atoms with Crippen LogP contribution in [0.3, 0.4) is 0 Å². The fourth-order valence-electron chi connectivity index (χ4n) is 2.60. The lowest BCUT2D eigenvalue weighted by Gasteiger charge is -2.06. The SMILES string of the molecule is Cc1nc(Nc2ncc(C)s2)nc(Sc2ccc(CC(=O)C3CC3)cc2)n1. The van der Waals surface area contributed by atoms with Gasteiger partial charge in [0, 0.05) is 28.3 Å². The van der Waals surface area contributed by atoms with Crippen molar-refractivity contribution in [2.75, 3.05) is 5.32 Å². The number of Topliss-reactive ketones (excluding diaryl/α,β-unsaturated/α-hetero) is 1. The molecule has 1 aliphatic carbocycles. The number of thiazole rings is 1. The van der Waals surface area contributed by atoms with E-state index in [2.05, 4.69) is 25.3 Å². The molecule has 0 spiro atoms. The van der Waals surface area contributed by atoms with Gasteiger partial charge in [0.1, 0.15) is 11.6 Å². The van der Waals surface area contributed by atoms with Crippen molar-refractivity contribution in [2.45, 2.75) is 43.2 Å². The van der Waals surface area contributed by atoms with E-state index in [-0.39, 0.29) is 0 Å². The fourth-order valence-corrected chi connectivity index (χ4v) is 4.05. The number of aryl methyl sites for hydroxylation is 2. The standard InChI is InChI=1S/C19H19N5OS2/c1-11-10-20-18(26-11)23-17-21-12(2)22-19(24-17)27-15-7-3-13(4-8-15)9-16(25)14-5-6-14/h3-4,7-8,10,14H,5-6,9H2,1-2H3,(H,20,21,22,23,24). The van der Waals surface area contributed by atoms with Crippen LogP contribution in [0.2, 0.25) is 0 Å². The summed E-state index contributed by atoms with van der Waals surface area (Å²) in [6.45, 7) is 3.85. The number of benzene rings is 1. The maximum absolute atomic E-state index is 11.9. The number of carbonyl (C=O) groups excluding carboxylic acids is 1. The Morgan fingerprint density at radius 1 is 1.19 bits per heavy atom. The van der Waals surface area contributed by atoms with E-state index < -0.39 is 0 Å². The van der Waals surface area contributed by atoms with Crippen LogP contribution in [0.1, 0.15) is 29.1 Å². The van der Waals surface area contributed by atoms with Crippen LogP contribution in [0.5, 0.6) is 0 Å². The summed E-state index contributed by atoms with van der Waals surface area (Å²) in [5, 5.41) is 4.52. The smallest absolute Gasteiger partial charge is 0.233 e. The van der Waals surface area contributed by atoms with Gasteiger partial charge in [-0.15, -0.1) is 11.3 Å². The van der Waals surface area contributed by atoms with Crippen LogP contribution in [0, 0.1) is 19.8 Å². The zero-order valence-electron chi connectivity index (χ0n) is 15.1. The van der Waals surface area contributed by atoms with E-state index in [9.17, 15) is 4.79 Å². The van der Waals surface area contributed by atoms with Crippen LogP contribution < -0.4 is 5.32 Å². The van der Waals surface area contributed by atoms with Gasteiger partial charge in [0.25, 0.3) is 0 Å². The third kappa shape index (κ3) is 4.90. The molecular formula is C19H19N5OS2. The first-order valence-electron chi connectivity index (χ1n) is 8.77. The van der Waals surface area contributed by atoms with Gasteiger partial charge in [0.15, 0.2) is 10.3 Å². The molecular weight excluding hydrogens is 378 g/mol. The van der Waals surface area contributed by atoms with Crippen molar-refractivity contribution in [1.29, 1.82) is 0 Å². The van der Waals surface area contributed by atoms with Gasteiger partial charge in [-0.25, -0.2) is 9.97 Å². The Morgan fingerprint density at radius 2 is 1.96 bits per heavy atom. The number of ketones is 1. The minimum absolute atomic E-state index is 0.305. The molecule has 3 aromatic rings. The number of carbonyl (C=O) groups is 1. The number of hydrogen-bond donors (Lipinski definition) is 1. The molecule has 2 heterocycles. The third-order valence-corrected chi connectivity index (χ3v) is 5.81. The minimum atomic E-state index is 0.305. The van der Waals surface area contributed by atoms with Crippen LogP contribution in [0.15, 0.2) is 40.5 Å². The number of hydrogen-bond acceptors (Lipinski definition) is 8. The molecule has 0 unspecified atom stereocenters. The van der Waals surface area contributed by atoms with Crippen molar-refractivity contribution in [2.24, 2.45) is 5.92 Å². The second-order valence-corrected chi connectivity index (χ2v) is 8.83. The van der Waals surface area contributed by atoms with Crippen molar-refractivity contribution in [3.63, 3.8) is 0 Å². The van der Waals surface area contributed by atoms with E-state index in [1.807, 2.05) is 44.3 Å². The first-order valence-corrected chi connectivity index (χ1v) is 10.4. The highest BCUT2D eigenvalue weighted by atomic mass is 32.2. The predicted octanol–water partition coefficient (Wildman–Crippen LogP) is 4.36. The summed E-state index contributed by atoms with van der Waals surface area (Å²) in [5.41, 5.74) is 1.06. The van der Waals surface area contributed by atoms with Crippen molar-refractivity contribution in [3.8, 4) is 0 Å². The minimum Gasteiger partial charge on any atom is -0.300 e. The second-order valence-electron chi connectivity index (χ2n) is 6.55. The monoisotopic (exact) mass is 397 g/mol. The van der Waals surface area contributed by atoms with Gasteiger partial charge in [0.05, 0.1) is 0 Å². The van der Waals surface area contributed by atoms with Crippen LogP contribution >= 0.6 is 23.1 Å². The van der Waals surface area contributed by atoms with Crippen molar-refractivity contribution in [3.05, 3.63) is 46.7 Å². The number of rotatable bonds is 7. The maximum atomic E-state index is 11.9. The lowest BCUT2D eigenvalue weighted by molar-refractivity contribution is -0.119. The molecule has 0 bridgehead atoms. The fraction of sp³-hybridized carbons (Fsp3) is 0.316. The van der Waals surface area contributed by atoms with E-state index in [0.717, 1.165) is 33.3 Å². The van der Waals surface area contributed by atoms with E-state index in [4.69, 9.17) is 0 Å².